The van der Waals surface area contributed by atoms with E-state index in [4.69, 9.17) is 5.73 Å². The molecule has 4 nitrogen and oxygen atoms in total. The van der Waals surface area contributed by atoms with Gasteiger partial charge in [-0.25, -0.2) is 4.39 Å². The van der Waals surface area contributed by atoms with Gasteiger partial charge in [-0.2, -0.15) is 0 Å². The molecule has 1 fully saturated rings. The Bertz CT molecular complexity index is 474. The number of rotatable bonds is 7. The largest absolute Gasteiger partial charge is 0.396 e. The number of amides is 1. The number of hydrogen-bond acceptors (Lipinski definition) is 3. The number of benzene rings is 1. The maximum Gasteiger partial charge on any atom is 0.224 e. The Morgan fingerprint density at radius 3 is 2.85 bits per heavy atom. The molecule has 0 unspecified atom stereocenters. The van der Waals surface area contributed by atoms with Crippen LogP contribution in [0.5, 0.6) is 0 Å². The highest BCUT2D eigenvalue weighted by molar-refractivity contribution is 5.91. The Kier molecular flexibility index (Phi) is 4.95. The molecule has 1 aliphatic rings. The number of nitrogens with one attached hydrogen (secondary N) is 1. The SMILES string of the molecule is CCN(CCCC(=O)Nc1ccc(F)c(N)c1)C1CC1. The minimum Gasteiger partial charge on any atom is -0.396 e. The minimum absolute atomic E-state index is 0.0497. The molecule has 1 amide bonds. The van der Waals surface area contributed by atoms with E-state index in [2.05, 4.69) is 17.1 Å². The second-order valence-corrected chi connectivity index (χ2v) is 5.25. The van der Waals surface area contributed by atoms with E-state index in [0.29, 0.717) is 12.1 Å². The van der Waals surface area contributed by atoms with E-state index in [1.165, 1.54) is 31.0 Å². The zero-order valence-electron chi connectivity index (χ0n) is 11.9. The van der Waals surface area contributed by atoms with Gasteiger partial charge in [-0.1, -0.05) is 6.92 Å². The predicted molar refractivity (Wildman–Crippen MR) is 78.9 cm³/mol. The molecule has 0 bridgehead atoms. The monoisotopic (exact) mass is 279 g/mol. The van der Waals surface area contributed by atoms with Crippen LogP contribution < -0.4 is 11.1 Å². The molecule has 5 heteroatoms. The Morgan fingerprint density at radius 1 is 1.50 bits per heavy atom. The molecular weight excluding hydrogens is 257 g/mol. The molecule has 2 rings (SSSR count). The number of anilines is 2. The fourth-order valence-corrected chi connectivity index (χ4v) is 2.33. The van der Waals surface area contributed by atoms with Crippen LogP contribution in [0.4, 0.5) is 15.8 Å². The number of hydrogen-bond donors (Lipinski definition) is 2. The second-order valence-electron chi connectivity index (χ2n) is 5.25. The van der Waals surface area contributed by atoms with Crippen LogP contribution in [0.2, 0.25) is 0 Å². The highest BCUT2D eigenvalue weighted by Gasteiger charge is 2.27. The predicted octanol–water partition coefficient (Wildman–Crippen LogP) is 2.61. The van der Waals surface area contributed by atoms with Crippen molar-refractivity contribution in [3.63, 3.8) is 0 Å². The molecule has 0 aromatic heterocycles. The molecule has 3 N–H and O–H groups in total. The van der Waals surface area contributed by atoms with E-state index in [0.717, 1.165) is 25.6 Å². The lowest BCUT2D eigenvalue weighted by Gasteiger charge is -2.19. The van der Waals surface area contributed by atoms with Gasteiger partial charge in [-0.05, 0) is 50.6 Å². The van der Waals surface area contributed by atoms with Gasteiger partial charge in [0, 0.05) is 18.2 Å². The van der Waals surface area contributed by atoms with Crippen molar-refractivity contribution < 1.29 is 9.18 Å². The quantitative estimate of drug-likeness (QED) is 0.754. The number of carbonyl (C=O) groups is 1. The molecule has 0 radical (unpaired) electrons. The number of nitrogens with two attached hydrogens (primary N) is 1. The Hall–Kier alpha value is -1.62. The van der Waals surface area contributed by atoms with Crippen molar-refractivity contribution in [1.29, 1.82) is 0 Å². The average Bonchev–Trinajstić information content (AvgIpc) is 3.23. The summed E-state index contributed by atoms with van der Waals surface area (Å²) in [5.74, 6) is -0.520. The van der Waals surface area contributed by atoms with Crippen molar-refractivity contribution in [1.82, 2.24) is 4.90 Å². The van der Waals surface area contributed by atoms with Crippen LogP contribution in [0.15, 0.2) is 18.2 Å². The van der Waals surface area contributed by atoms with Gasteiger partial charge < -0.3 is 16.0 Å². The van der Waals surface area contributed by atoms with Crippen LogP contribution in [0.3, 0.4) is 0 Å². The van der Waals surface area contributed by atoms with Crippen LogP contribution in [0.1, 0.15) is 32.6 Å². The lowest BCUT2D eigenvalue weighted by atomic mass is 10.2. The first-order valence-corrected chi connectivity index (χ1v) is 7.19. The van der Waals surface area contributed by atoms with Gasteiger partial charge in [0.2, 0.25) is 5.91 Å². The first kappa shape index (κ1) is 14.8. The van der Waals surface area contributed by atoms with Crippen molar-refractivity contribution in [3.05, 3.63) is 24.0 Å². The highest BCUT2D eigenvalue weighted by atomic mass is 19.1. The van der Waals surface area contributed by atoms with Crippen molar-refractivity contribution in [2.24, 2.45) is 0 Å². The minimum atomic E-state index is -0.467. The molecule has 0 aliphatic heterocycles. The van der Waals surface area contributed by atoms with E-state index in [1.807, 2.05) is 0 Å². The molecule has 1 aliphatic carbocycles. The van der Waals surface area contributed by atoms with Crippen LogP contribution in [-0.4, -0.2) is 29.9 Å². The lowest BCUT2D eigenvalue weighted by Crippen LogP contribution is -2.27. The van der Waals surface area contributed by atoms with Gasteiger partial charge in [-0.15, -0.1) is 0 Å². The zero-order chi connectivity index (χ0) is 14.5. The topological polar surface area (TPSA) is 58.4 Å². The van der Waals surface area contributed by atoms with Crippen molar-refractivity contribution in [2.75, 3.05) is 24.1 Å². The Balaban J connectivity index is 1.73. The summed E-state index contributed by atoms with van der Waals surface area (Å²) in [5.41, 5.74) is 6.06. The van der Waals surface area contributed by atoms with Gasteiger partial charge in [-0.3, -0.25) is 4.79 Å². The van der Waals surface area contributed by atoms with E-state index in [-0.39, 0.29) is 11.6 Å². The van der Waals surface area contributed by atoms with Crippen LogP contribution in [-0.2, 0) is 4.79 Å². The fraction of sp³-hybridized carbons (Fsp3) is 0.533. The summed E-state index contributed by atoms with van der Waals surface area (Å²) in [6.07, 6.45) is 3.89. The van der Waals surface area contributed by atoms with E-state index in [9.17, 15) is 9.18 Å². The fourth-order valence-electron chi connectivity index (χ4n) is 2.33. The smallest absolute Gasteiger partial charge is 0.224 e. The molecule has 1 aromatic rings. The van der Waals surface area contributed by atoms with Crippen molar-refractivity contribution in [3.8, 4) is 0 Å². The molecule has 1 saturated carbocycles. The normalized spacial score (nSPS) is 14.6. The summed E-state index contributed by atoms with van der Waals surface area (Å²) < 4.78 is 13.0. The van der Waals surface area contributed by atoms with Crippen LogP contribution in [0.25, 0.3) is 0 Å². The average molecular weight is 279 g/mol. The third-order valence-corrected chi connectivity index (χ3v) is 3.60. The van der Waals surface area contributed by atoms with E-state index in [1.54, 1.807) is 0 Å². The highest BCUT2D eigenvalue weighted by Crippen LogP contribution is 2.26. The summed E-state index contributed by atoms with van der Waals surface area (Å²) in [6, 6.07) is 4.96. The summed E-state index contributed by atoms with van der Waals surface area (Å²) in [6.45, 7) is 4.15. The number of carbonyl (C=O) groups excluding carboxylic acids is 1. The van der Waals surface area contributed by atoms with Crippen LogP contribution >= 0.6 is 0 Å². The summed E-state index contributed by atoms with van der Waals surface area (Å²) in [4.78, 5) is 14.2. The standard InChI is InChI=1S/C15H22FN3O/c1-2-19(12-6-7-12)9-3-4-15(20)18-11-5-8-13(16)14(17)10-11/h5,8,10,12H,2-4,6-7,9,17H2,1H3,(H,18,20). The summed E-state index contributed by atoms with van der Waals surface area (Å²) in [5, 5.41) is 2.74. The third-order valence-electron chi connectivity index (χ3n) is 3.60. The summed E-state index contributed by atoms with van der Waals surface area (Å²) >= 11 is 0. The maximum atomic E-state index is 13.0. The molecule has 110 valence electrons. The van der Waals surface area contributed by atoms with E-state index >= 15 is 0 Å². The van der Waals surface area contributed by atoms with Crippen molar-refractivity contribution in [2.45, 2.75) is 38.6 Å². The first-order valence-electron chi connectivity index (χ1n) is 7.19. The molecule has 0 heterocycles. The van der Waals surface area contributed by atoms with Gasteiger partial charge in [0.1, 0.15) is 5.82 Å². The molecule has 0 spiro atoms. The van der Waals surface area contributed by atoms with Gasteiger partial charge in [0.25, 0.3) is 0 Å². The van der Waals surface area contributed by atoms with Crippen LogP contribution in [0, 0.1) is 5.82 Å². The number of nitrogens with zero attached hydrogens (tertiary/aromatic N) is 1. The van der Waals surface area contributed by atoms with E-state index < -0.39 is 5.82 Å². The molecular formula is C15H22FN3O. The van der Waals surface area contributed by atoms with Crippen molar-refractivity contribution >= 4 is 17.3 Å². The summed E-state index contributed by atoms with van der Waals surface area (Å²) in [7, 11) is 0. The Morgan fingerprint density at radius 2 is 2.25 bits per heavy atom. The molecule has 20 heavy (non-hydrogen) atoms. The molecule has 0 atom stereocenters. The molecule has 0 saturated heterocycles. The number of nitrogen functional groups attached to an aromatic ring is 1. The lowest BCUT2D eigenvalue weighted by molar-refractivity contribution is -0.116. The van der Waals surface area contributed by atoms with Gasteiger partial charge in [0.05, 0.1) is 5.69 Å². The number of halogens is 1. The third kappa shape index (κ3) is 4.20. The Labute approximate surface area is 119 Å². The molecule has 1 aromatic carbocycles. The first-order chi connectivity index (χ1) is 9.60. The van der Waals surface area contributed by atoms with Gasteiger partial charge in [0.15, 0.2) is 0 Å². The second kappa shape index (κ2) is 6.70. The van der Waals surface area contributed by atoms with Gasteiger partial charge >= 0.3 is 0 Å². The maximum absolute atomic E-state index is 13.0. The zero-order valence-corrected chi connectivity index (χ0v) is 11.9.